The summed E-state index contributed by atoms with van der Waals surface area (Å²) in [5.41, 5.74) is 7.96. The fourth-order valence-corrected chi connectivity index (χ4v) is 3.67. The van der Waals surface area contributed by atoms with Gasteiger partial charge in [-0.2, -0.15) is 0 Å². The highest BCUT2D eigenvalue weighted by Gasteiger charge is 2.22. The topological polar surface area (TPSA) is 0 Å². The van der Waals surface area contributed by atoms with E-state index in [-0.39, 0.29) is 0 Å². The molecule has 0 saturated carbocycles. The fraction of sp³-hybridized carbons (Fsp3) is 0.467. The SMILES string of the molecule is CCC1=Cc2c(Br)cc3c(c2C1)CCCC3. The van der Waals surface area contributed by atoms with Gasteiger partial charge in [-0.1, -0.05) is 34.5 Å². The predicted octanol–water partition coefficient (Wildman–Crippen LogP) is 4.68. The van der Waals surface area contributed by atoms with Crippen LogP contribution in [0.25, 0.3) is 6.08 Å². The van der Waals surface area contributed by atoms with Gasteiger partial charge < -0.3 is 0 Å². The molecule has 3 rings (SSSR count). The van der Waals surface area contributed by atoms with Crippen LogP contribution in [-0.4, -0.2) is 0 Å². The Hall–Kier alpha value is -0.560. The average Bonchev–Trinajstić information content (AvgIpc) is 2.74. The van der Waals surface area contributed by atoms with Crippen molar-refractivity contribution in [2.24, 2.45) is 0 Å². The van der Waals surface area contributed by atoms with E-state index in [1.165, 1.54) is 48.6 Å². The van der Waals surface area contributed by atoms with Crippen LogP contribution >= 0.6 is 15.9 Å². The first-order chi connectivity index (χ1) is 7.79. The molecule has 0 fully saturated rings. The van der Waals surface area contributed by atoms with E-state index in [1.54, 1.807) is 22.3 Å². The highest BCUT2D eigenvalue weighted by atomic mass is 79.9. The highest BCUT2D eigenvalue weighted by molar-refractivity contribution is 9.10. The summed E-state index contributed by atoms with van der Waals surface area (Å²) in [5.74, 6) is 0. The summed E-state index contributed by atoms with van der Waals surface area (Å²) in [5, 5.41) is 0. The van der Waals surface area contributed by atoms with Crippen LogP contribution < -0.4 is 0 Å². The van der Waals surface area contributed by atoms with Gasteiger partial charge in [-0.25, -0.2) is 0 Å². The van der Waals surface area contributed by atoms with Crippen molar-refractivity contribution in [3.63, 3.8) is 0 Å². The lowest BCUT2D eigenvalue weighted by atomic mass is 9.86. The van der Waals surface area contributed by atoms with E-state index < -0.39 is 0 Å². The zero-order chi connectivity index (χ0) is 11.1. The second kappa shape index (κ2) is 4.03. The van der Waals surface area contributed by atoms with Crippen LogP contribution in [0, 0.1) is 0 Å². The number of halogens is 1. The van der Waals surface area contributed by atoms with Gasteiger partial charge in [0.05, 0.1) is 0 Å². The van der Waals surface area contributed by atoms with Crippen molar-refractivity contribution in [1.82, 2.24) is 0 Å². The minimum absolute atomic E-state index is 1.19. The quantitative estimate of drug-likeness (QED) is 0.699. The van der Waals surface area contributed by atoms with Gasteiger partial charge in [-0.3, -0.25) is 0 Å². The summed E-state index contributed by atoms with van der Waals surface area (Å²) in [6.07, 6.45) is 10.1. The molecule has 84 valence electrons. The first-order valence-corrected chi connectivity index (χ1v) is 7.11. The van der Waals surface area contributed by atoms with Gasteiger partial charge in [0.2, 0.25) is 0 Å². The minimum atomic E-state index is 1.19. The fourth-order valence-electron chi connectivity index (χ4n) is 3.04. The number of aryl methyl sites for hydroxylation is 1. The Kier molecular flexibility index (Phi) is 2.67. The van der Waals surface area contributed by atoms with Gasteiger partial charge in [-0.15, -0.1) is 0 Å². The zero-order valence-electron chi connectivity index (χ0n) is 9.78. The van der Waals surface area contributed by atoms with E-state index in [4.69, 9.17) is 0 Å². The predicted molar refractivity (Wildman–Crippen MR) is 72.8 cm³/mol. The molecule has 1 aromatic carbocycles. The van der Waals surface area contributed by atoms with Gasteiger partial charge in [-0.05, 0) is 66.8 Å². The molecular formula is C15H17Br. The van der Waals surface area contributed by atoms with Crippen LogP contribution in [0.5, 0.6) is 0 Å². The summed E-state index contributed by atoms with van der Waals surface area (Å²) in [4.78, 5) is 0. The van der Waals surface area contributed by atoms with E-state index in [0.717, 1.165) is 0 Å². The molecule has 1 heteroatoms. The zero-order valence-corrected chi connectivity index (χ0v) is 11.4. The van der Waals surface area contributed by atoms with Crippen LogP contribution in [0.4, 0.5) is 0 Å². The van der Waals surface area contributed by atoms with Gasteiger partial charge in [0.25, 0.3) is 0 Å². The van der Waals surface area contributed by atoms with Gasteiger partial charge in [0.1, 0.15) is 0 Å². The van der Waals surface area contributed by atoms with Crippen molar-refractivity contribution in [1.29, 1.82) is 0 Å². The van der Waals surface area contributed by atoms with Crippen LogP contribution in [0.3, 0.4) is 0 Å². The number of hydrogen-bond donors (Lipinski definition) is 0. The van der Waals surface area contributed by atoms with Crippen molar-refractivity contribution in [3.05, 3.63) is 38.4 Å². The number of hydrogen-bond acceptors (Lipinski definition) is 0. The molecule has 0 radical (unpaired) electrons. The standard InChI is InChI=1S/C15H17Br/c1-2-10-7-13-12-6-4-3-5-11(12)9-15(16)14(13)8-10/h8-9H,2-7H2,1H3. The second-order valence-corrected chi connectivity index (χ2v) is 5.78. The molecule has 16 heavy (non-hydrogen) atoms. The normalized spacial score (nSPS) is 18.0. The molecule has 2 aliphatic rings. The second-order valence-electron chi connectivity index (χ2n) is 4.93. The molecule has 2 aliphatic carbocycles. The largest absolute Gasteiger partial charge is 0.0654 e. The Labute approximate surface area is 106 Å². The van der Waals surface area contributed by atoms with E-state index in [0.29, 0.717) is 0 Å². The lowest BCUT2D eigenvalue weighted by molar-refractivity contribution is 0.679. The molecule has 0 bridgehead atoms. The smallest absolute Gasteiger partial charge is 0.0253 e. The number of fused-ring (bicyclic) bond motifs is 3. The lowest BCUT2D eigenvalue weighted by Gasteiger charge is -2.20. The van der Waals surface area contributed by atoms with E-state index in [9.17, 15) is 0 Å². The summed E-state index contributed by atoms with van der Waals surface area (Å²) in [7, 11) is 0. The number of rotatable bonds is 1. The van der Waals surface area contributed by atoms with Crippen LogP contribution in [0.2, 0.25) is 0 Å². The van der Waals surface area contributed by atoms with Crippen molar-refractivity contribution >= 4 is 22.0 Å². The third-order valence-corrected chi connectivity index (χ3v) is 4.62. The van der Waals surface area contributed by atoms with Gasteiger partial charge >= 0.3 is 0 Å². The molecule has 0 saturated heterocycles. The molecule has 0 amide bonds. The third-order valence-electron chi connectivity index (χ3n) is 3.96. The molecular weight excluding hydrogens is 260 g/mol. The monoisotopic (exact) mass is 276 g/mol. The first-order valence-electron chi connectivity index (χ1n) is 6.32. The highest BCUT2D eigenvalue weighted by Crippen LogP contribution is 2.39. The van der Waals surface area contributed by atoms with Crippen molar-refractivity contribution in [2.45, 2.75) is 45.4 Å². The van der Waals surface area contributed by atoms with Gasteiger partial charge in [0.15, 0.2) is 0 Å². The van der Waals surface area contributed by atoms with Crippen molar-refractivity contribution in [3.8, 4) is 0 Å². The Morgan fingerprint density at radius 2 is 2.00 bits per heavy atom. The van der Waals surface area contributed by atoms with Crippen LogP contribution in [0.15, 0.2) is 16.1 Å². The van der Waals surface area contributed by atoms with E-state index in [2.05, 4.69) is 35.0 Å². The van der Waals surface area contributed by atoms with Gasteiger partial charge in [0, 0.05) is 4.47 Å². The maximum atomic E-state index is 3.74. The molecule has 0 spiro atoms. The molecule has 0 aromatic heterocycles. The summed E-state index contributed by atoms with van der Waals surface area (Å²) in [6.45, 7) is 2.26. The Balaban J connectivity index is 2.14. The van der Waals surface area contributed by atoms with Crippen molar-refractivity contribution < 1.29 is 0 Å². The summed E-state index contributed by atoms with van der Waals surface area (Å²) in [6, 6.07) is 2.36. The Bertz CT molecular complexity index is 469. The minimum Gasteiger partial charge on any atom is -0.0654 e. The number of allylic oxidation sites excluding steroid dienone is 1. The lowest BCUT2D eigenvalue weighted by Crippen LogP contribution is -2.07. The molecule has 0 atom stereocenters. The van der Waals surface area contributed by atoms with E-state index in [1.807, 2.05) is 0 Å². The molecule has 1 aromatic rings. The average molecular weight is 277 g/mol. The maximum Gasteiger partial charge on any atom is 0.0253 e. The summed E-state index contributed by atoms with van der Waals surface area (Å²) >= 11 is 3.74. The number of benzene rings is 1. The molecule has 0 N–H and O–H groups in total. The van der Waals surface area contributed by atoms with Crippen molar-refractivity contribution in [2.75, 3.05) is 0 Å². The Morgan fingerprint density at radius 3 is 2.81 bits per heavy atom. The van der Waals surface area contributed by atoms with E-state index >= 15 is 0 Å². The molecule has 0 unspecified atom stereocenters. The van der Waals surface area contributed by atoms with Crippen LogP contribution in [0.1, 0.15) is 48.4 Å². The Morgan fingerprint density at radius 1 is 1.19 bits per heavy atom. The molecule has 0 aliphatic heterocycles. The molecule has 0 heterocycles. The first kappa shape index (κ1) is 10.6. The molecule has 0 nitrogen and oxygen atoms in total. The summed E-state index contributed by atoms with van der Waals surface area (Å²) < 4.78 is 1.31. The maximum absolute atomic E-state index is 3.74. The third kappa shape index (κ3) is 1.57. The van der Waals surface area contributed by atoms with Crippen LogP contribution in [-0.2, 0) is 19.3 Å².